The van der Waals surface area contributed by atoms with E-state index >= 15 is 0 Å². The van der Waals surface area contributed by atoms with Gasteiger partial charge < -0.3 is 9.80 Å². The Labute approximate surface area is 188 Å². The topological polar surface area (TPSA) is 40.6 Å². The van der Waals surface area contributed by atoms with Crippen molar-refractivity contribution < 1.29 is 14.0 Å². The van der Waals surface area contributed by atoms with Crippen LogP contribution in [-0.2, 0) is 22.4 Å². The lowest BCUT2D eigenvalue weighted by molar-refractivity contribution is -0.141. The maximum Gasteiger partial charge on any atom is 0.243 e. The summed E-state index contributed by atoms with van der Waals surface area (Å²) in [7, 11) is 0. The molecule has 31 heavy (non-hydrogen) atoms. The quantitative estimate of drug-likeness (QED) is 0.544. The fourth-order valence-electron chi connectivity index (χ4n) is 4.30. The summed E-state index contributed by atoms with van der Waals surface area (Å²) in [6.07, 6.45) is 3.07. The van der Waals surface area contributed by atoms with Gasteiger partial charge in [0.1, 0.15) is 12.4 Å². The Morgan fingerprint density at radius 3 is 2.58 bits per heavy atom. The van der Waals surface area contributed by atoms with Crippen molar-refractivity contribution in [3.05, 3.63) is 79.9 Å². The van der Waals surface area contributed by atoms with Crippen LogP contribution in [0.4, 0.5) is 4.39 Å². The molecule has 1 fully saturated rings. The molecule has 0 bridgehead atoms. The number of rotatable bonds is 6. The molecule has 7 heteroatoms. The number of amides is 2. The summed E-state index contributed by atoms with van der Waals surface area (Å²) in [5.74, 6) is -0.315. The monoisotopic (exact) mass is 454 g/mol. The second kappa shape index (κ2) is 8.55. The molecule has 4 nitrogen and oxygen atoms in total. The normalized spacial score (nSPS) is 18.0. The van der Waals surface area contributed by atoms with E-state index in [-0.39, 0.29) is 36.3 Å². The first-order valence-electron chi connectivity index (χ1n) is 10.5. The summed E-state index contributed by atoms with van der Waals surface area (Å²) >= 11 is 3.27. The van der Waals surface area contributed by atoms with Crippen LogP contribution in [0.25, 0.3) is 0 Å². The van der Waals surface area contributed by atoms with Gasteiger partial charge in [0.15, 0.2) is 0 Å². The minimum Gasteiger partial charge on any atom is -0.330 e. The van der Waals surface area contributed by atoms with E-state index < -0.39 is 0 Å². The Morgan fingerprint density at radius 2 is 1.87 bits per heavy atom. The summed E-state index contributed by atoms with van der Waals surface area (Å²) in [5.41, 5.74) is 2.01. The minimum absolute atomic E-state index is 0.0184. The minimum atomic E-state index is -0.290. The number of hydrogen-bond donors (Lipinski definition) is 0. The number of hydrogen-bond acceptors (Lipinski definition) is 4. The molecule has 1 aliphatic heterocycles. The maximum absolute atomic E-state index is 13.5. The molecule has 0 N–H and O–H groups in total. The number of halogens is 1. The first kappa shape index (κ1) is 20.4. The van der Waals surface area contributed by atoms with Crippen molar-refractivity contribution in [1.82, 2.24) is 9.80 Å². The SMILES string of the molecule is O=C(Cc1cccs1)N(CC(=O)N1CCc2sccc2C1c1ccc(F)cc1)C1CC1. The van der Waals surface area contributed by atoms with E-state index in [4.69, 9.17) is 0 Å². The van der Waals surface area contributed by atoms with Gasteiger partial charge in [0.05, 0.1) is 12.5 Å². The highest BCUT2D eigenvalue weighted by molar-refractivity contribution is 7.10. The standard InChI is InChI=1S/C24H23FN2O2S2/c25-17-5-3-16(4-6-17)24-20-10-13-31-21(20)9-11-26(24)23(29)15-27(18-7-8-18)22(28)14-19-2-1-12-30-19/h1-6,10,12-13,18,24H,7-9,11,14-15H2. The van der Waals surface area contributed by atoms with Crippen LogP contribution in [0.15, 0.2) is 53.2 Å². The van der Waals surface area contributed by atoms with Gasteiger partial charge >= 0.3 is 0 Å². The van der Waals surface area contributed by atoms with Crippen molar-refractivity contribution in [2.45, 2.75) is 37.8 Å². The largest absolute Gasteiger partial charge is 0.330 e. The molecule has 1 unspecified atom stereocenters. The van der Waals surface area contributed by atoms with Crippen molar-refractivity contribution in [2.75, 3.05) is 13.1 Å². The molecule has 1 saturated carbocycles. The lowest BCUT2D eigenvalue weighted by Crippen LogP contribution is -2.47. The Balaban J connectivity index is 1.38. The summed E-state index contributed by atoms with van der Waals surface area (Å²) in [6, 6.07) is 12.3. The van der Waals surface area contributed by atoms with Crippen LogP contribution in [0.5, 0.6) is 0 Å². The van der Waals surface area contributed by atoms with Gasteiger partial charge in [-0.25, -0.2) is 4.39 Å². The highest BCUT2D eigenvalue weighted by Gasteiger charge is 2.38. The molecule has 5 rings (SSSR count). The molecule has 2 aromatic heterocycles. The van der Waals surface area contributed by atoms with Crippen LogP contribution in [0.2, 0.25) is 0 Å². The van der Waals surface area contributed by atoms with Crippen LogP contribution in [0.3, 0.4) is 0 Å². The summed E-state index contributed by atoms with van der Waals surface area (Å²) in [5, 5.41) is 4.02. The number of fused-ring (bicyclic) bond motifs is 1. The maximum atomic E-state index is 13.5. The number of carbonyl (C=O) groups is 2. The molecule has 160 valence electrons. The highest BCUT2D eigenvalue weighted by Crippen LogP contribution is 2.38. The molecular weight excluding hydrogens is 431 g/mol. The molecule has 1 aliphatic carbocycles. The molecular formula is C24H23FN2O2S2. The third-order valence-electron chi connectivity index (χ3n) is 5.99. The van der Waals surface area contributed by atoms with Gasteiger partial charge in [0.25, 0.3) is 0 Å². The van der Waals surface area contributed by atoms with Gasteiger partial charge in [-0.3, -0.25) is 9.59 Å². The van der Waals surface area contributed by atoms with Gasteiger partial charge in [-0.15, -0.1) is 22.7 Å². The third-order valence-corrected chi connectivity index (χ3v) is 7.86. The van der Waals surface area contributed by atoms with Gasteiger partial charge in [0, 0.05) is 22.3 Å². The Morgan fingerprint density at radius 1 is 1.06 bits per heavy atom. The number of nitrogens with zero attached hydrogens (tertiary/aromatic N) is 2. The van der Waals surface area contributed by atoms with Crippen molar-refractivity contribution in [1.29, 1.82) is 0 Å². The Kier molecular flexibility index (Phi) is 5.63. The van der Waals surface area contributed by atoms with Crippen LogP contribution in [-0.4, -0.2) is 40.7 Å². The van der Waals surface area contributed by atoms with Gasteiger partial charge in [-0.05, 0) is 65.4 Å². The lowest BCUT2D eigenvalue weighted by Gasteiger charge is -2.37. The molecule has 1 atom stereocenters. The van der Waals surface area contributed by atoms with Crippen LogP contribution in [0.1, 0.15) is 39.8 Å². The first-order valence-corrected chi connectivity index (χ1v) is 12.3. The second-order valence-corrected chi connectivity index (χ2v) is 10.1. The van der Waals surface area contributed by atoms with E-state index in [2.05, 4.69) is 11.4 Å². The van der Waals surface area contributed by atoms with E-state index in [1.165, 1.54) is 17.0 Å². The average Bonchev–Trinajstić information content (AvgIpc) is 3.26. The zero-order valence-electron chi connectivity index (χ0n) is 17.0. The third kappa shape index (κ3) is 4.29. The van der Waals surface area contributed by atoms with E-state index in [1.54, 1.807) is 39.7 Å². The molecule has 1 aromatic carbocycles. The fourth-order valence-corrected chi connectivity index (χ4v) is 5.90. The first-order chi connectivity index (χ1) is 15.1. The summed E-state index contributed by atoms with van der Waals surface area (Å²) < 4.78 is 13.5. The van der Waals surface area contributed by atoms with E-state index in [0.717, 1.165) is 35.3 Å². The van der Waals surface area contributed by atoms with Crippen molar-refractivity contribution >= 4 is 34.5 Å². The van der Waals surface area contributed by atoms with E-state index in [9.17, 15) is 14.0 Å². The zero-order chi connectivity index (χ0) is 21.4. The van der Waals surface area contributed by atoms with Crippen molar-refractivity contribution in [3.63, 3.8) is 0 Å². The number of thiophene rings is 2. The van der Waals surface area contributed by atoms with E-state index in [1.807, 2.05) is 22.4 Å². The van der Waals surface area contributed by atoms with Gasteiger partial charge in [-0.1, -0.05) is 18.2 Å². The van der Waals surface area contributed by atoms with Crippen molar-refractivity contribution in [3.8, 4) is 0 Å². The van der Waals surface area contributed by atoms with Gasteiger partial charge in [-0.2, -0.15) is 0 Å². The predicted octanol–water partition coefficient (Wildman–Crippen LogP) is 4.66. The molecule has 2 aliphatic rings. The second-order valence-electron chi connectivity index (χ2n) is 8.10. The molecule has 3 heterocycles. The summed E-state index contributed by atoms with van der Waals surface area (Å²) in [4.78, 5) is 32.4. The fraction of sp³-hybridized carbons (Fsp3) is 0.333. The zero-order valence-corrected chi connectivity index (χ0v) is 18.6. The number of benzene rings is 1. The molecule has 0 saturated heterocycles. The van der Waals surface area contributed by atoms with E-state index in [0.29, 0.717) is 13.0 Å². The van der Waals surface area contributed by atoms with Crippen LogP contribution in [0, 0.1) is 5.82 Å². The number of carbonyl (C=O) groups excluding carboxylic acids is 2. The Bertz CT molecular complexity index is 1070. The molecule has 0 spiro atoms. The predicted molar refractivity (Wildman–Crippen MR) is 121 cm³/mol. The highest BCUT2D eigenvalue weighted by atomic mass is 32.1. The summed E-state index contributed by atoms with van der Waals surface area (Å²) in [6.45, 7) is 0.706. The van der Waals surface area contributed by atoms with Crippen molar-refractivity contribution in [2.24, 2.45) is 0 Å². The Hall–Kier alpha value is -2.51. The molecule has 0 radical (unpaired) electrons. The van der Waals surface area contributed by atoms with Crippen LogP contribution < -0.4 is 0 Å². The average molecular weight is 455 g/mol. The lowest BCUT2D eigenvalue weighted by atomic mass is 9.93. The smallest absolute Gasteiger partial charge is 0.243 e. The molecule has 2 amide bonds. The van der Waals surface area contributed by atoms with Gasteiger partial charge in [0.2, 0.25) is 11.8 Å². The van der Waals surface area contributed by atoms with Crippen LogP contribution >= 0.6 is 22.7 Å². The molecule has 3 aromatic rings.